The van der Waals surface area contributed by atoms with E-state index in [-0.39, 0.29) is 22.4 Å². The average molecular weight is 403 g/mol. The SMILES string of the molecule is CC(C)NS(=O)(=O)c1ccc2c(c1)/C(=C/Nc1ccccc1OCO)C(=O)N2. The van der Waals surface area contributed by atoms with Crippen molar-refractivity contribution in [2.24, 2.45) is 0 Å². The Hall–Kier alpha value is -2.88. The fraction of sp³-hybridized carbons (Fsp3) is 0.211. The molecule has 0 aromatic heterocycles. The van der Waals surface area contributed by atoms with Crippen molar-refractivity contribution >= 4 is 32.9 Å². The van der Waals surface area contributed by atoms with Crippen LogP contribution >= 0.6 is 0 Å². The van der Waals surface area contributed by atoms with Crippen molar-refractivity contribution in [3.8, 4) is 5.75 Å². The lowest BCUT2D eigenvalue weighted by atomic mass is 10.1. The Balaban J connectivity index is 1.95. The molecule has 4 N–H and O–H groups in total. The first-order valence-corrected chi connectivity index (χ1v) is 10.1. The summed E-state index contributed by atoms with van der Waals surface area (Å²) in [4.78, 5) is 12.4. The summed E-state index contributed by atoms with van der Waals surface area (Å²) in [6.07, 6.45) is 1.48. The molecule has 2 aromatic carbocycles. The van der Waals surface area contributed by atoms with Crippen LogP contribution in [0, 0.1) is 0 Å². The number of rotatable bonds is 7. The lowest BCUT2D eigenvalue weighted by Crippen LogP contribution is -2.30. The van der Waals surface area contributed by atoms with Crippen LogP contribution in [-0.2, 0) is 14.8 Å². The zero-order valence-corrected chi connectivity index (χ0v) is 16.2. The second-order valence-corrected chi connectivity index (χ2v) is 8.12. The molecule has 148 valence electrons. The number of para-hydroxylation sites is 2. The van der Waals surface area contributed by atoms with Crippen molar-refractivity contribution in [3.05, 3.63) is 54.2 Å². The van der Waals surface area contributed by atoms with Crippen molar-refractivity contribution in [2.75, 3.05) is 17.4 Å². The highest BCUT2D eigenvalue weighted by Crippen LogP contribution is 2.34. The topological polar surface area (TPSA) is 117 Å². The van der Waals surface area contributed by atoms with Gasteiger partial charge in [-0.2, -0.15) is 0 Å². The Morgan fingerprint density at radius 1 is 1.21 bits per heavy atom. The van der Waals surface area contributed by atoms with Gasteiger partial charge in [0.15, 0.2) is 6.79 Å². The van der Waals surface area contributed by atoms with Gasteiger partial charge >= 0.3 is 0 Å². The number of carbonyl (C=O) groups excluding carboxylic acids is 1. The summed E-state index contributed by atoms with van der Waals surface area (Å²) >= 11 is 0. The molecule has 0 fully saturated rings. The molecule has 0 aliphatic carbocycles. The van der Waals surface area contributed by atoms with Crippen molar-refractivity contribution in [2.45, 2.75) is 24.8 Å². The Kier molecular flexibility index (Phi) is 5.68. The van der Waals surface area contributed by atoms with Crippen molar-refractivity contribution in [1.82, 2.24) is 4.72 Å². The van der Waals surface area contributed by atoms with E-state index < -0.39 is 16.8 Å². The van der Waals surface area contributed by atoms with Crippen LogP contribution in [0.25, 0.3) is 5.57 Å². The third-order valence-electron chi connectivity index (χ3n) is 3.95. The van der Waals surface area contributed by atoms with Gasteiger partial charge in [0.05, 0.1) is 16.2 Å². The molecule has 0 unspecified atom stereocenters. The van der Waals surface area contributed by atoms with Crippen LogP contribution in [0.15, 0.2) is 53.6 Å². The molecule has 28 heavy (non-hydrogen) atoms. The van der Waals surface area contributed by atoms with E-state index in [9.17, 15) is 13.2 Å². The molecule has 9 heteroatoms. The Morgan fingerprint density at radius 2 is 1.96 bits per heavy atom. The zero-order valence-electron chi connectivity index (χ0n) is 15.4. The number of hydrogen-bond acceptors (Lipinski definition) is 6. The third-order valence-corrected chi connectivity index (χ3v) is 5.61. The first-order chi connectivity index (χ1) is 13.3. The summed E-state index contributed by atoms with van der Waals surface area (Å²) in [7, 11) is -3.69. The molecular formula is C19H21N3O5S. The predicted molar refractivity (Wildman–Crippen MR) is 106 cm³/mol. The number of fused-ring (bicyclic) bond motifs is 1. The number of anilines is 2. The van der Waals surface area contributed by atoms with Gasteiger partial charge in [0.1, 0.15) is 5.75 Å². The number of aliphatic hydroxyl groups is 1. The van der Waals surface area contributed by atoms with Gasteiger partial charge in [0, 0.05) is 23.5 Å². The van der Waals surface area contributed by atoms with E-state index in [2.05, 4.69) is 15.4 Å². The molecule has 0 atom stereocenters. The van der Waals surface area contributed by atoms with E-state index in [1.807, 2.05) is 0 Å². The highest BCUT2D eigenvalue weighted by Gasteiger charge is 2.27. The predicted octanol–water partition coefficient (Wildman–Crippen LogP) is 2.11. The molecule has 0 bridgehead atoms. The summed E-state index contributed by atoms with van der Waals surface area (Å²) in [5.74, 6) is 0.0624. The molecule has 8 nitrogen and oxygen atoms in total. The summed E-state index contributed by atoms with van der Waals surface area (Å²) in [6.45, 7) is 2.98. The van der Waals surface area contributed by atoms with Crippen molar-refractivity contribution in [3.63, 3.8) is 0 Å². The van der Waals surface area contributed by atoms with Gasteiger partial charge in [-0.3, -0.25) is 4.79 Å². The monoisotopic (exact) mass is 403 g/mol. The third kappa shape index (κ3) is 4.16. The van der Waals surface area contributed by atoms with Crippen LogP contribution in [0.4, 0.5) is 11.4 Å². The average Bonchev–Trinajstić information content (AvgIpc) is 2.94. The largest absolute Gasteiger partial charge is 0.466 e. The van der Waals surface area contributed by atoms with Gasteiger partial charge < -0.3 is 20.5 Å². The minimum atomic E-state index is -3.69. The first kappa shape index (κ1) is 19.9. The maximum Gasteiger partial charge on any atom is 0.257 e. The number of carbonyl (C=O) groups is 1. The zero-order chi connectivity index (χ0) is 20.3. The fourth-order valence-corrected chi connectivity index (χ4v) is 4.06. The Morgan fingerprint density at radius 3 is 2.68 bits per heavy atom. The molecule has 1 aliphatic heterocycles. The summed E-state index contributed by atoms with van der Waals surface area (Å²) in [5.41, 5.74) is 1.84. The normalized spacial score (nSPS) is 14.9. The van der Waals surface area contributed by atoms with E-state index in [4.69, 9.17) is 9.84 Å². The van der Waals surface area contributed by atoms with Gasteiger partial charge in [0.25, 0.3) is 5.91 Å². The number of nitrogens with one attached hydrogen (secondary N) is 3. The minimum absolute atomic E-state index is 0.0753. The van der Waals surface area contributed by atoms with Crippen molar-refractivity contribution < 1.29 is 23.1 Å². The number of hydrogen-bond donors (Lipinski definition) is 4. The van der Waals surface area contributed by atoms with Crippen molar-refractivity contribution in [1.29, 1.82) is 0 Å². The number of amides is 1. The van der Waals surface area contributed by atoms with Gasteiger partial charge in [0.2, 0.25) is 10.0 Å². The number of sulfonamides is 1. The van der Waals surface area contributed by atoms with Crippen LogP contribution in [0.2, 0.25) is 0 Å². The molecule has 0 saturated carbocycles. The Bertz CT molecular complexity index is 1030. The standard InChI is InChI=1S/C19H21N3O5S/c1-12(2)22-28(25,26)13-7-8-16-14(9-13)15(19(24)21-16)10-20-17-5-3-4-6-18(17)27-11-23/h3-10,12,20,22-23H,11H2,1-2H3,(H,21,24)/b15-10-. The van der Waals surface area contributed by atoms with Crippen LogP contribution in [0.5, 0.6) is 5.75 Å². The molecular weight excluding hydrogens is 382 g/mol. The highest BCUT2D eigenvalue weighted by atomic mass is 32.2. The van der Waals surface area contributed by atoms with Crippen LogP contribution in [0.1, 0.15) is 19.4 Å². The highest BCUT2D eigenvalue weighted by molar-refractivity contribution is 7.89. The van der Waals surface area contributed by atoms with Crippen LogP contribution in [0.3, 0.4) is 0 Å². The molecule has 0 radical (unpaired) electrons. The maximum atomic E-state index is 12.4. The van der Waals surface area contributed by atoms with Gasteiger partial charge in [-0.15, -0.1) is 0 Å². The van der Waals surface area contributed by atoms with E-state index in [0.29, 0.717) is 22.7 Å². The quantitative estimate of drug-likeness (QED) is 0.416. The molecule has 1 aliphatic rings. The summed E-state index contributed by atoms with van der Waals surface area (Å²) in [6, 6.07) is 11.1. The Labute approximate surface area is 163 Å². The molecule has 1 amide bonds. The summed E-state index contributed by atoms with van der Waals surface area (Å²) in [5, 5.41) is 14.7. The van der Waals surface area contributed by atoms with E-state index in [1.165, 1.54) is 18.3 Å². The molecule has 2 aromatic rings. The van der Waals surface area contributed by atoms with E-state index >= 15 is 0 Å². The minimum Gasteiger partial charge on any atom is -0.466 e. The van der Waals surface area contributed by atoms with Crippen LogP contribution < -0.4 is 20.1 Å². The van der Waals surface area contributed by atoms with Gasteiger partial charge in [-0.25, -0.2) is 13.1 Å². The lowest BCUT2D eigenvalue weighted by molar-refractivity contribution is -0.110. The first-order valence-electron chi connectivity index (χ1n) is 8.59. The summed E-state index contributed by atoms with van der Waals surface area (Å²) < 4.78 is 32.5. The molecule has 1 heterocycles. The number of benzene rings is 2. The van der Waals surface area contributed by atoms with Gasteiger partial charge in [-0.1, -0.05) is 12.1 Å². The molecule has 0 saturated heterocycles. The van der Waals surface area contributed by atoms with E-state index in [0.717, 1.165) is 0 Å². The molecule has 3 rings (SSSR count). The second kappa shape index (κ2) is 8.01. The fourth-order valence-electron chi connectivity index (χ4n) is 2.79. The number of ether oxygens (including phenoxy) is 1. The lowest BCUT2D eigenvalue weighted by Gasteiger charge is -2.11. The second-order valence-electron chi connectivity index (χ2n) is 6.41. The van der Waals surface area contributed by atoms with E-state index in [1.54, 1.807) is 44.2 Å². The maximum absolute atomic E-state index is 12.4. The van der Waals surface area contributed by atoms with Gasteiger partial charge in [-0.05, 0) is 44.2 Å². The number of aliphatic hydroxyl groups excluding tert-OH is 1. The van der Waals surface area contributed by atoms with Crippen LogP contribution in [-0.4, -0.2) is 32.3 Å². The smallest absolute Gasteiger partial charge is 0.257 e. The molecule has 0 spiro atoms.